The molecular weight excluding hydrogens is 380 g/mol. The number of aliphatic imine (C=N–C) groups is 1. The number of methoxy groups -OCH3 is 1. The third kappa shape index (κ3) is 6.69. The van der Waals surface area contributed by atoms with Gasteiger partial charge in [0.05, 0.1) is 13.7 Å². The number of nitrogens with one attached hydrogen (secondary N) is 2. The van der Waals surface area contributed by atoms with Crippen LogP contribution in [0.1, 0.15) is 34.8 Å². The third-order valence-corrected chi connectivity index (χ3v) is 4.44. The summed E-state index contributed by atoms with van der Waals surface area (Å²) in [5.41, 5.74) is 2.80. The predicted molar refractivity (Wildman–Crippen MR) is 120 cm³/mol. The van der Waals surface area contributed by atoms with Gasteiger partial charge in [-0.3, -0.25) is 9.79 Å². The first-order valence-corrected chi connectivity index (χ1v) is 10.0. The molecule has 0 saturated carbocycles. The molecule has 1 amide bonds. The van der Waals surface area contributed by atoms with E-state index in [9.17, 15) is 4.79 Å². The van der Waals surface area contributed by atoms with Crippen LogP contribution in [0.25, 0.3) is 0 Å². The predicted octanol–water partition coefficient (Wildman–Crippen LogP) is 3.05. The zero-order valence-electron chi connectivity index (χ0n) is 18.5. The molecule has 0 aliphatic rings. The van der Waals surface area contributed by atoms with Crippen molar-refractivity contribution in [2.24, 2.45) is 4.99 Å². The summed E-state index contributed by atoms with van der Waals surface area (Å²) in [6.07, 6.45) is 0.948. The maximum absolute atomic E-state index is 12.0. The van der Waals surface area contributed by atoms with Crippen LogP contribution in [0.2, 0.25) is 0 Å². The number of hydrogen-bond acceptors (Lipinski definition) is 4. The van der Waals surface area contributed by atoms with E-state index < -0.39 is 0 Å². The maximum Gasteiger partial charge on any atom is 0.253 e. The normalized spacial score (nSPS) is 11.0. The fourth-order valence-corrected chi connectivity index (χ4v) is 2.77. The summed E-state index contributed by atoms with van der Waals surface area (Å²) in [5, 5.41) is 6.58. The molecule has 0 heterocycles. The van der Waals surface area contributed by atoms with Crippen LogP contribution in [-0.4, -0.2) is 51.6 Å². The van der Waals surface area contributed by atoms with Crippen molar-refractivity contribution in [3.05, 3.63) is 59.2 Å². The van der Waals surface area contributed by atoms with E-state index in [1.165, 1.54) is 0 Å². The van der Waals surface area contributed by atoms with Crippen LogP contribution in [0.3, 0.4) is 0 Å². The van der Waals surface area contributed by atoms with Crippen LogP contribution in [0.4, 0.5) is 0 Å². The van der Waals surface area contributed by atoms with Gasteiger partial charge in [0.1, 0.15) is 0 Å². The van der Waals surface area contributed by atoms with Crippen LogP contribution in [-0.2, 0) is 13.1 Å². The maximum atomic E-state index is 12.0. The van der Waals surface area contributed by atoms with Crippen LogP contribution in [0, 0.1) is 0 Å². The smallest absolute Gasteiger partial charge is 0.253 e. The number of ether oxygens (including phenoxy) is 2. The Morgan fingerprint density at radius 2 is 1.63 bits per heavy atom. The van der Waals surface area contributed by atoms with E-state index in [4.69, 9.17) is 9.47 Å². The number of guanidine groups is 1. The second-order valence-electron chi connectivity index (χ2n) is 7.01. The van der Waals surface area contributed by atoms with Gasteiger partial charge in [0.25, 0.3) is 5.91 Å². The highest BCUT2D eigenvalue weighted by Gasteiger charge is 2.08. The van der Waals surface area contributed by atoms with E-state index >= 15 is 0 Å². The van der Waals surface area contributed by atoms with Crippen LogP contribution < -0.4 is 20.1 Å². The van der Waals surface area contributed by atoms with Gasteiger partial charge in [-0.05, 0) is 41.8 Å². The molecule has 0 atom stereocenters. The van der Waals surface area contributed by atoms with E-state index in [0.29, 0.717) is 31.2 Å². The van der Waals surface area contributed by atoms with E-state index in [1.807, 2.05) is 42.5 Å². The topological polar surface area (TPSA) is 75.2 Å². The Kier molecular flexibility index (Phi) is 9.00. The van der Waals surface area contributed by atoms with Gasteiger partial charge in [-0.1, -0.05) is 25.1 Å². The Morgan fingerprint density at radius 1 is 1.00 bits per heavy atom. The van der Waals surface area contributed by atoms with Crippen molar-refractivity contribution >= 4 is 11.9 Å². The summed E-state index contributed by atoms with van der Waals surface area (Å²) < 4.78 is 11.1. The Bertz CT molecular complexity index is 848. The van der Waals surface area contributed by atoms with Gasteiger partial charge in [-0.25, -0.2) is 0 Å². The number of carbonyl (C=O) groups excluding carboxylic acids is 1. The molecule has 7 heteroatoms. The molecule has 0 aliphatic carbocycles. The van der Waals surface area contributed by atoms with Crippen molar-refractivity contribution < 1.29 is 14.3 Å². The number of rotatable bonds is 9. The molecule has 2 aromatic carbocycles. The van der Waals surface area contributed by atoms with Gasteiger partial charge in [-0.2, -0.15) is 0 Å². The minimum Gasteiger partial charge on any atom is -0.493 e. The summed E-state index contributed by atoms with van der Waals surface area (Å²) in [6.45, 7) is 3.93. The Hall–Kier alpha value is -3.22. The lowest BCUT2D eigenvalue weighted by molar-refractivity contribution is 0.0827. The quantitative estimate of drug-likeness (QED) is 0.489. The van der Waals surface area contributed by atoms with Gasteiger partial charge < -0.3 is 25.0 Å². The van der Waals surface area contributed by atoms with Gasteiger partial charge in [0, 0.05) is 39.8 Å². The summed E-state index contributed by atoms with van der Waals surface area (Å²) >= 11 is 0. The van der Waals surface area contributed by atoms with Gasteiger partial charge in [0.2, 0.25) is 0 Å². The summed E-state index contributed by atoms with van der Waals surface area (Å²) in [5.74, 6) is 2.15. The number of nitrogens with zero attached hydrogens (tertiary/aromatic N) is 2. The molecule has 0 saturated heterocycles. The van der Waals surface area contributed by atoms with Crippen LogP contribution in [0.5, 0.6) is 11.5 Å². The van der Waals surface area contributed by atoms with Gasteiger partial charge in [-0.15, -0.1) is 0 Å². The number of hydrogen-bond donors (Lipinski definition) is 2. The fourth-order valence-electron chi connectivity index (χ4n) is 2.77. The average molecular weight is 413 g/mol. The van der Waals surface area contributed by atoms with Gasteiger partial charge in [0.15, 0.2) is 17.5 Å². The number of benzene rings is 2. The average Bonchev–Trinajstić information content (AvgIpc) is 2.77. The minimum absolute atomic E-state index is 0.00599. The second-order valence-corrected chi connectivity index (χ2v) is 7.01. The van der Waals surface area contributed by atoms with Crippen molar-refractivity contribution in [1.82, 2.24) is 15.5 Å². The van der Waals surface area contributed by atoms with Crippen molar-refractivity contribution in [3.63, 3.8) is 0 Å². The monoisotopic (exact) mass is 412 g/mol. The number of carbonyl (C=O) groups is 1. The molecule has 0 aliphatic heterocycles. The molecule has 2 aromatic rings. The van der Waals surface area contributed by atoms with E-state index in [0.717, 1.165) is 29.0 Å². The molecule has 7 nitrogen and oxygen atoms in total. The van der Waals surface area contributed by atoms with Crippen molar-refractivity contribution in [3.8, 4) is 11.5 Å². The Balaban J connectivity index is 1.90. The molecule has 0 radical (unpaired) electrons. The van der Waals surface area contributed by atoms with Gasteiger partial charge >= 0.3 is 0 Å². The lowest BCUT2D eigenvalue weighted by atomic mass is 10.1. The minimum atomic E-state index is -0.00599. The van der Waals surface area contributed by atoms with E-state index in [1.54, 1.807) is 33.2 Å². The SMILES string of the molecule is CCCOc1ccc(CNC(=NC)NCc2ccc(C(=O)N(C)C)cc2)cc1OC. The van der Waals surface area contributed by atoms with Crippen molar-refractivity contribution in [1.29, 1.82) is 0 Å². The van der Waals surface area contributed by atoms with E-state index in [-0.39, 0.29) is 5.91 Å². The van der Waals surface area contributed by atoms with Crippen molar-refractivity contribution in [2.75, 3.05) is 34.9 Å². The van der Waals surface area contributed by atoms with Crippen molar-refractivity contribution in [2.45, 2.75) is 26.4 Å². The van der Waals surface area contributed by atoms with E-state index in [2.05, 4.69) is 22.5 Å². The molecule has 0 fully saturated rings. The molecule has 2 rings (SSSR count). The second kappa shape index (κ2) is 11.7. The Labute approximate surface area is 179 Å². The highest BCUT2D eigenvalue weighted by Crippen LogP contribution is 2.28. The molecule has 0 bridgehead atoms. The van der Waals surface area contributed by atoms with Crippen LogP contribution in [0.15, 0.2) is 47.5 Å². The molecule has 162 valence electrons. The molecule has 30 heavy (non-hydrogen) atoms. The number of amides is 1. The lowest BCUT2D eigenvalue weighted by Crippen LogP contribution is -2.36. The largest absolute Gasteiger partial charge is 0.493 e. The third-order valence-electron chi connectivity index (χ3n) is 4.44. The van der Waals surface area contributed by atoms with Crippen LogP contribution >= 0.6 is 0 Å². The summed E-state index contributed by atoms with van der Waals surface area (Å²) in [4.78, 5) is 17.8. The fraction of sp³-hybridized carbons (Fsp3) is 0.391. The molecule has 2 N–H and O–H groups in total. The zero-order valence-corrected chi connectivity index (χ0v) is 18.5. The Morgan fingerprint density at radius 3 is 2.20 bits per heavy atom. The molecular formula is C23H32N4O3. The summed E-state index contributed by atoms with van der Waals surface area (Å²) in [7, 11) is 6.86. The first kappa shape index (κ1) is 23.1. The molecule has 0 aromatic heterocycles. The first-order valence-electron chi connectivity index (χ1n) is 10.0. The first-order chi connectivity index (χ1) is 14.5. The highest BCUT2D eigenvalue weighted by atomic mass is 16.5. The molecule has 0 unspecified atom stereocenters. The lowest BCUT2D eigenvalue weighted by Gasteiger charge is -2.15. The highest BCUT2D eigenvalue weighted by molar-refractivity contribution is 5.93. The zero-order chi connectivity index (χ0) is 21.9. The molecule has 0 spiro atoms. The summed E-state index contributed by atoms with van der Waals surface area (Å²) in [6, 6.07) is 13.5. The standard InChI is InChI=1S/C23H32N4O3/c1-6-13-30-20-12-9-18(14-21(20)29-5)16-26-23(24-2)25-15-17-7-10-19(11-8-17)22(28)27(3)4/h7-12,14H,6,13,15-16H2,1-5H3,(H2,24,25,26).